The molecule has 1 aliphatic heterocycles. The molecule has 1 saturated carbocycles. The number of hydroxylamine groups is 2. The molecule has 2 heterocycles. The van der Waals surface area contributed by atoms with Gasteiger partial charge in [0, 0.05) is 12.0 Å². The quantitative estimate of drug-likeness (QED) is 0.329. The van der Waals surface area contributed by atoms with E-state index in [0.29, 0.717) is 18.2 Å². The van der Waals surface area contributed by atoms with E-state index >= 15 is 0 Å². The van der Waals surface area contributed by atoms with Gasteiger partial charge >= 0.3 is 11.1 Å². The highest BCUT2D eigenvalue weighted by molar-refractivity contribution is 7.15. The van der Waals surface area contributed by atoms with Crippen LogP contribution in [0.3, 0.4) is 0 Å². The molecule has 3 rings (SSSR count). The molecule has 2 unspecified atom stereocenters. The van der Waals surface area contributed by atoms with Gasteiger partial charge in [0.1, 0.15) is 11.7 Å². The SMILES string of the molecule is C=CCN1CC(OC(=O)C2CCCCC2)[N+]([O-])(c2nnc(C(C)(C)C)s2)C1. The van der Waals surface area contributed by atoms with Gasteiger partial charge in [-0.15, -0.1) is 11.7 Å². The molecule has 2 aliphatic rings. The summed E-state index contributed by atoms with van der Waals surface area (Å²) in [5.74, 6) is -0.320. The van der Waals surface area contributed by atoms with Gasteiger partial charge in [-0.1, -0.05) is 51.2 Å². The Kier molecular flexibility index (Phi) is 6.00. The minimum atomic E-state index is -0.805. The summed E-state index contributed by atoms with van der Waals surface area (Å²) in [6, 6.07) is 0. The molecular formula is C19H30N4O3S. The van der Waals surface area contributed by atoms with Crippen LogP contribution in [-0.4, -0.2) is 47.1 Å². The highest BCUT2D eigenvalue weighted by Gasteiger charge is 2.47. The van der Waals surface area contributed by atoms with Crippen molar-refractivity contribution < 1.29 is 9.53 Å². The van der Waals surface area contributed by atoms with E-state index in [-0.39, 0.29) is 24.0 Å². The van der Waals surface area contributed by atoms with Gasteiger partial charge in [0.2, 0.25) is 0 Å². The van der Waals surface area contributed by atoms with E-state index in [9.17, 15) is 10.0 Å². The predicted octanol–water partition coefficient (Wildman–Crippen LogP) is 3.55. The molecule has 0 radical (unpaired) electrons. The Morgan fingerprint density at radius 3 is 2.67 bits per heavy atom. The number of rotatable bonds is 5. The first-order valence-corrected chi connectivity index (χ1v) is 10.5. The van der Waals surface area contributed by atoms with Gasteiger partial charge in [0.15, 0.2) is 0 Å². The molecule has 0 amide bonds. The van der Waals surface area contributed by atoms with Crippen LogP contribution in [0.5, 0.6) is 0 Å². The van der Waals surface area contributed by atoms with Gasteiger partial charge in [-0.25, -0.2) is 4.90 Å². The number of hydrogen-bond donors (Lipinski definition) is 0. The van der Waals surface area contributed by atoms with Crippen molar-refractivity contribution in [2.24, 2.45) is 5.92 Å². The zero-order chi connectivity index (χ0) is 19.7. The third-order valence-electron chi connectivity index (χ3n) is 5.25. The van der Waals surface area contributed by atoms with Gasteiger partial charge in [0.25, 0.3) is 6.23 Å². The van der Waals surface area contributed by atoms with Crippen LogP contribution in [0, 0.1) is 11.1 Å². The van der Waals surface area contributed by atoms with Gasteiger partial charge in [-0.3, -0.25) is 9.44 Å². The van der Waals surface area contributed by atoms with E-state index in [2.05, 4.69) is 16.8 Å². The molecule has 0 spiro atoms. The Labute approximate surface area is 165 Å². The third-order valence-corrected chi connectivity index (χ3v) is 6.71. The summed E-state index contributed by atoms with van der Waals surface area (Å²) in [4.78, 5) is 14.6. The van der Waals surface area contributed by atoms with Crippen molar-refractivity contribution in [3.05, 3.63) is 22.9 Å². The maximum atomic E-state index is 13.8. The van der Waals surface area contributed by atoms with Gasteiger partial charge in [-0.05, 0) is 24.2 Å². The van der Waals surface area contributed by atoms with Gasteiger partial charge in [0.05, 0.1) is 12.5 Å². The summed E-state index contributed by atoms with van der Waals surface area (Å²) in [6.45, 7) is 11.0. The molecule has 1 aromatic rings. The largest absolute Gasteiger partial charge is 0.622 e. The maximum absolute atomic E-state index is 13.8. The number of quaternary nitrogens is 1. The highest BCUT2D eigenvalue weighted by atomic mass is 32.1. The van der Waals surface area contributed by atoms with Crippen molar-refractivity contribution >= 4 is 22.4 Å². The Morgan fingerprint density at radius 2 is 2.07 bits per heavy atom. The normalized spacial score (nSPS) is 27.6. The topological polar surface area (TPSA) is 78.4 Å². The molecule has 0 bridgehead atoms. The lowest BCUT2D eigenvalue weighted by Gasteiger charge is -2.38. The molecule has 0 aromatic carbocycles. The fourth-order valence-corrected chi connectivity index (χ4v) is 4.63. The summed E-state index contributed by atoms with van der Waals surface area (Å²) in [5, 5.41) is 23.3. The number of hydrogen-bond acceptors (Lipinski definition) is 7. The van der Waals surface area contributed by atoms with Crippen LogP contribution in [0.25, 0.3) is 0 Å². The van der Waals surface area contributed by atoms with Crippen molar-refractivity contribution in [2.75, 3.05) is 19.8 Å². The lowest BCUT2D eigenvalue weighted by Crippen LogP contribution is -2.51. The average molecular weight is 395 g/mol. The van der Waals surface area contributed by atoms with Crippen molar-refractivity contribution in [2.45, 2.75) is 64.5 Å². The molecule has 0 N–H and O–H groups in total. The third kappa shape index (κ3) is 4.39. The minimum Gasteiger partial charge on any atom is -0.622 e. The number of carbonyl (C=O) groups is 1. The summed E-state index contributed by atoms with van der Waals surface area (Å²) >= 11 is 1.32. The Balaban J connectivity index is 1.81. The molecule has 2 atom stereocenters. The maximum Gasteiger partial charge on any atom is 0.313 e. The van der Waals surface area contributed by atoms with Crippen molar-refractivity contribution in [1.29, 1.82) is 0 Å². The molecule has 2 fully saturated rings. The molecule has 8 heteroatoms. The Bertz CT molecular complexity index is 681. The fraction of sp³-hybridized carbons (Fsp3) is 0.737. The molecule has 1 saturated heterocycles. The second kappa shape index (κ2) is 7.95. The minimum absolute atomic E-state index is 0.0831. The molecule has 150 valence electrons. The monoisotopic (exact) mass is 394 g/mol. The van der Waals surface area contributed by atoms with Gasteiger partial charge < -0.3 is 9.94 Å². The standard InChI is InChI=1S/C19H30N4O3S/c1-5-11-22-12-15(26-16(24)14-9-7-6-8-10-14)23(25,13-22)18-21-20-17(27-18)19(2,3)4/h5,14-15H,1,6-13H2,2-4H3. The first-order valence-electron chi connectivity index (χ1n) is 9.71. The summed E-state index contributed by atoms with van der Waals surface area (Å²) in [6.07, 6.45) is 5.94. The van der Waals surface area contributed by atoms with Crippen LogP contribution in [0.4, 0.5) is 5.13 Å². The molecule has 7 nitrogen and oxygen atoms in total. The lowest BCUT2D eigenvalue weighted by atomic mass is 9.89. The molecule has 1 aliphatic carbocycles. The van der Waals surface area contributed by atoms with Crippen LogP contribution < -0.4 is 4.65 Å². The Morgan fingerprint density at radius 1 is 1.37 bits per heavy atom. The second-order valence-electron chi connectivity index (χ2n) is 8.63. The number of esters is 1. The zero-order valence-electron chi connectivity index (χ0n) is 16.5. The smallest absolute Gasteiger partial charge is 0.313 e. The summed E-state index contributed by atoms with van der Waals surface area (Å²) < 4.78 is 5.00. The van der Waals surface area contributed by atoms with E-state index in [1.807, 2.05) is 25.7 Å². The number of carbonyl (C=O) groups excluding carboxylic acids is 1. The van der Waals surface area contributed by atoms with Crippen molar-refractivity contribution in [1.82, 2.24) is 19.7 Å². The predicted molar refractivity (Wildman–Crippen MR) is 107 cm³/mol. The zero-order valence-corrected chi connectivity index (χ0v) is 17.3. The number of nitrogens with zero attached hydrogens (tertiary/aromatic N) is 4. The first kappa shape index (κ1) is 20.4. The molecule has 27 heavy (non-hydrogen) atoms. The number of ether oxygens (including phenoxy) is 1. The molecular weight excluding hydrogens is 364 g/mol. The van der Waals surface area contributed by atoms with E-state index in [4.69, 9.17) is 4.74 Å². The van der Waals surface area contributed by atoms with Crippen LogP contribution in [0.1, 0.15) is 57.9 Å². The lowest BCUT2D eigenvalue weighted by molar-refractivity contribution is -0.159. The van der Waals surface area contributed by atoms with Crippen LogP contribution >= 0.6 is 11.3 Å². The Hall–Kier alpha value is -1.35. The molecule has 1 aromatic heterocycles. The van der Waals surface area contributed by atoms with E-state index in [1.54, 1.807) is 6.08 Å². The van der Waals surface area contributed by atoms with E-state index in [0.717, 1.165) is 30.7 Å². The van der Waals surface area contributed by atoms with Crippen molar-refractivity contribution in [3.8, 4) is 0 Å². The average Bonchev–Trinajstić information content (AvgIpc) is 3.23. The number of aromatic nitrogens is 2. The van der Waals surface area contributed by atoms with Crippen LogP contribution in [-0.2, 0) is 14.9 Å². The second-order valence-corrected chi connectivity index (χ2v) is 9.58. The summed E-state index contributed by atoms with van der Waals surface area (Å²) in [5.41, 5.74) is -0.177. The fourth-order valence-electron chi connectivity index (χ4n) is 3.66. The van der Waals surface area contributed by atoms with E-state index in [1.165, 1.54) is 17.8 Å². The van der Waals surface area contributed by atoms with E-state index < -0.39 is 10.9 Å². The first-order chi connectivity index (χ1) is 12.7. The van der Waals surface area contributed by atoms with Crippen LogP contribution in [0.15, 0.2) is 12.7 Å². The van der Waals surface area contributed by atoms with Crippen molar-refractivity contribution in [3.63, 3.8) is 0 Å². The summed E-state index contributed by atoms with van der Waals surface area (Å²) in [7, 11) is 0. The highest BCUT2D eigenvalue weighted by Crippen LogP contribution is 2.38. The van der Waals surface area contributed by atoms with Crippen LogP contribution in [0.2, 0.25) is 0 Å². The van der Waals surface area contributed by atoms with Gasteiger partial charge in [-0.2, -0.15) is 0 Å².